The molecule has 0 aliphatic heterocycles. The van der Waals surface area contributed by atoms with Gasteiger partial charge in [-0.1, -0.05) is 0 Å². The summed E-state index contributed by atoms with van der Waals surface area (Å²) < 4.78 is 4.58. The first-order valence-electron chi connectivity index (χ1n) is 1.62. The summed E-state index contributed by atoms with van der Waals surface area (Å²) in [4.78, 5) is 0. The Labute approximate surface area is 42.4 Å². The van der Waals surface area contributed by atoms with Crippen LogP contribution in [0.25, 0.3) is 0 Å². The molecule has 0 amide bonds. The van der Waals surface area contributed by atoms with Crippen molar-refractivity contribution in [2.75, 3.05) is 13.4 Å². The van der Waals surface area contributed by atoms with E-state index in [9.17, 15) is 0 Å². The molecule has 6 heavy (non-hydrogen) atoms. The SMILES string of the molecule is CO/C=C\SC. The van der Waals surface area contributed by atoms with Gasteiger partial charge < -0.3 is 4.74 Å². The second kappa shape index (κ2) is 4.89. The largest absolute Gasteiger partial charge is 0.504 e. The molecule has 0 aromatic rings. The van der Waals surface area contributed by atoms with E-state index in [-0.39, 0.29) is 0 Å². The number of ether oxygens (including phenoxy) is 1. The van der Waals surface area contributed by atoms with Crippen molar-refractivity contribution >= 4 is 11.8 Å². The fraction of sp³-hybridized carbons (Fsp3) is 0.500. The zero-order valence-electron chi connectivity index (χ0n) is 3.97. The van der Waals surface area contributed by atoms with Gasteiger partial charge in [-0.2, -0.15) is 0 Å². The molecule has 0 saturated carbocycles. The molecular formula is C4H8OS. The van der Waals surface area contributed by atoms with E-state index in [1.54, 1.807) is 25.1 Å². The van der Waals surface area contributed by atoms with Crippen LogP contribution >= 0.6 is 11.8 Å². The van der Waals surface area contributed by atoms with Crippen molar-refractivity contribution in [2.24, 2.45) is 0 Å². The Balaban J connectivity index is 2.73. The molecule has 0 saturated heterocycles. The van der Waals surface area contributed by atoms with Crippen LogP contribution in [0.3, 0.4) is 0 Å². The van der Waals surface area contributed by atoms with Crippen LogP contribution in [0.4, 0.5) is 0 Å². The van der Waals surface area contributed by atoms with E-state index in [0.29, 0.717) is 0 Å². The third kappa shape index (κ3) is 3.89. The number of rotatable bonds is 2. The molecular weight excluding hydrogens is 96.1 g/mol. The predicted molar refractivity (Wildman–Crippen MR) is 29.7 cm³/mol. The number of hydrogen-bond acceptors (Lipinski definition) is 2. The van der Waals surface area contributed by atoms with Gasteiger partial charge in [-0.3, -0.25) is 0 Å². The number of methoxy groups -OCH3 is 1. The highest BCUT2D eigenvalue weighted by Gasteiger charge is 1.58. The molecule has 0 N–H and O–H groups in total. The van der Waals surface area contributed by atoms with Crippen LogP contribution in [0.15, 0.2) is 11.7 Å². The molecule has 0 bridgehead atoms. The maximum absolute atomic E-state index is 4.58. The van der Waals surface area contributed by atoms with Gasteiger partial charge in [-0.15, -0.1) is 11.8 Å². The Kier molecular flexibility index (Phi) is 4.80. The summed E-state index contributed by atoms with van der Waals surface area (Å²) in [6.07, 6.45) is 3.63. The van der Waals surface area contributed by atoms with Crippen molar-refractivity contribution in [1.82, 2.24) is 0 Å². The summed E-state index contributed by atoms with van der Waals surface area (Å²) in [5.41, 5.74) is 0. The van der Waals surface area contributed by atoms with E-state index in [2.05, 4.69) is 4.74 Å². The molecule has 0 fully saturated rings. The van der Waals surface area contributed by atoms with Gasteiger partial charge in [-0.05, 0) is 6.26 Å². The second-order valence-electron chi connectivity index (χ2n) is 0.744. The first kappa shape index (κ1) is 5.89. The predicted octanol–water partition coefficient (Wildman–Crippen LogP) is 1.47. The summed E-state index contributed by atoms with van der Waals surface area (Å²) >= 11 is 1.62. The van der Waals surface area contributed by atoms with E-state index in [1.807, 2.05) is 11.7 Å². The minimum Gasteiger partial charge on any atom is -0.504 e. The zero-order chi connectivity index (χ0) is 4.83. The van der Waals surface area contributed by atoms with Gasteiger partial charge in [0.25, 0.3) is 0 Å². The standard InChI is InChI=1S/C4H8OS/c1-5-3-4-6-2/h3-4H,1-2H3/b4-3-. The van der Waals surface area contributed by atoms with Gasteiger partial charge in [0.1, 0.15) is 0 Å². The van der Waals surface area contributed by atoms with E-state index in [4.69, 9.17) is 0 Å². The van der Waals surface area contributed by atoms with E-state index in [1.165, 1.54) is 0 Å². The average Bonchev–Trinajstić information content (AvgIpc) is 1.61. The second-order valence-corrected chi connectivity index (χ2v) is 1.49. The van der Waals surface area contributed by atoms with Crippen molar-refractivity contribution in [2.45, 2.75) is 0 Å². The fourth-order valence-electron chi connectivity index (χ4n) is 0.111. The van der Waals surface area contributed by atoms with Gasteiger partial charge in [0.2, 0.25) is 0 Å². The van der Waals surface area contributed by atoms with Crippen molar-refractivity contribution in [3.05, 3.63) is 11.7 Å². The van der Waals surface area contributed by atoms with Gasteiger partial charge in [0, 0.05) is 5.41 Å². The number of thioether (sulfide) groups is 1. The Morgan fingerprint density at radius 2 is 2.33 bits per heavy atom. The molecule has 0 atom stereocenters. The smallest absolute Gasteiger partial charge is 0.0887 e. The van der Waals surface area contributed by atoms with E-state index in [0.717, 1.165) is 0 Å². The van der Waals surface area contributed by atoms with Crippen LogP contribution in [0.5, 0.6) is 0 Å². The van der Waals surface area contributed by atoms with Gasteiger partial charge >= 0.3 is 0 Å². The highest BCUT2D eigenvalue weighted by atomic mass is 32.2. The third-order valence-electron chi connectivity index (χ3n) is 0.328. The Morgan fingerprint density at radius 1 is 1.67 bits per heavy atom. The first-order valence-corrected chi connectivity index (χ1v) is 2.91. The quantitative estimate of drug-likeness (QED) is 0.490. The maximum atomic E-state index is 4.58. The van der Waals surface area contributed by atoms with Crippen LogP contribution < -0.4 is 0 Å². The lowest BCUT2D eigenvalue weighted by Crippen LogP contribution is -1.58. The fourth-order valence-corrected chi connectivity index (χ4v) is 0.333. The maximum Gasteiger partial charge on any atom is 0.0887 e. The highest BCUT2D eigenvalue weighted by molar-refractivity contribution is 8.01. The topological polar surface area (TPSA) is 9.23 Å². The van der Waals surface area contributed by atoms with Crippen LogP contribution in [0.2, 0.25) is 0 Å². The molecule has 0 spiro atoms. The van der Waals surface area contributed by atoms with Crippen LogP contribution in [0.1, 0.15) is 0 Å². The zero-order valence-corrected chi connectivity index (χ0v) is 4.79. The molecule has 1 nitrogen and oxygen atoms in total. The van der Waals surface area contributed by atoms with E-state index >= 15 is 0 Å². The summed E-state index contributed by atoms with van der Waals surface area (Å²) in [6.45, 7) is 0. The molecule has 0 unspecified atom stereocenters. The minimum atomic E-state index is 1.62. The summed E-state index contributed by atoms with van der Waals surface area (Å²) in [7, 11) is 1.63. The summed E-state index contributed by atoms with van der Waals surface area (Å²) in [5, 5.41) is 1.88. The molecule has 0 heterocycles. The van der Waals surface area contributed by atoms with Crippen LogP contribution in [0, 0.1) is 0 Å². The molecule has 0 aliphatic rings. The molecule has 0 aliphatic carbocycles. The molecule has 2 heteroatoms. The minimum absolute atomic E-state index is 1.62. The Bertz CT molecular complexity index is 36.8. The lowest BCUT2D eigenvalue weighted by molar-refractivity contribution is 0.339. The van der Waals surface area contributed by atoms with Crippen molar-refractivity contribution < 1.29 is 4.74 Å². The highest BCUT2D eigenvalue weighted by Crippen LogP contribution is 1.90. The third-order valence-corrected chi connectivity index (χ3v) is 0.711. The molecule has 36 valence electrons. The summed E-state index contributed by atoms with van der Waals surface area (Å²) in [5.74, 6) is 0. The molecule has 0 radical (unpaired) electrons. The van der Waals surface area contributed by atoms with E-state index < -0.39 is 0 Å². The Hall–Kier alpha value is -0.110. The van der Waals surface area contributed by atoms with Crippen LogP contribution in [-0.4, -0.2) is 13.4 Å². The van der Waals surface area contributed by atoms with Gasteiger partial charge in [-0.25, -0.2) is 0 Å². The van der Waals surface area contributed by atoms with Crippen molar-refractivity contribution in [3.8, 4) is 0 Å². The van der Waals surface area contributed by atoms with Gasteiger partial charge in [0.05, 0.1) is 13.4 Å². The molecule has 0 rings (SSSR count). The van der Waals surface area contributed by atoms with Crippen molar-refractivity contribution in [1.29, 1.82) is 0 Å². The van der Waals surface area contributed by atoms with Crippen molar-refractivity contribution in [3.63, 3.8) is 0 Å². The first-order chi connectivity index (χ1) is 2.91. The average molecular weight is 104 g/mol. The Morgan fingerprint density at radius 3 is 2.50 bits per heavy atom. The summed E-state index contributed by atoms with van der Waals surface area (Å²) in [6, 6.07) is 0. The monoisotopic (exact) mass is 104 g/mol. The lowest BCUT2D eigenvalue weighted by Gasteiger charge is -1.79. The number of hydrogen-bond donors (Lipinski definition) is 0. The normalized spacial score (nSPS) is 9.67. The molecule has 0 aromatic carbocycles. The molecule has 0 aromatic heterocycles. The van der Waals surface area contributed by atoms with Crippen LogP contribution in [-0.2, 0) is 4.74 Å². The van der Waals surface area contributed by atoms with Gasteiger partial charge in [0.15, 0.2) is 0 Å². The lowest BCUT2D eigenvalue weighted by atomic mass is 11.1.